The molecule has 0 atom stereocenters. The monoisotopic (exact) mass is 307 g/mol. The fourth-order valence-electron chi connectivity index (χ4n) is 2.19. The lowest BCUT2D eigenvalue weighted by atomic mass is 10.1. The van der Waals surface area contributed by atoms with Crippen molar-refractivity contribution >= 4 is 19.4 Å². The van der Waals surface area contributed by atoms with Crippen LogP contribution in [-0.4, -0.2) is 25.6 Å². The molecule has 0 aliphatic carbocycles. The van der Waals surface area contributed by atoms with E-state index in [1.54, 1.807) is 12.1 Å². The van der Waals surface area contributed by atoms with Gasteiger partial charge in [-0.05, 0) is 42.8 Å². The summed E-state index contributed by atoms with van der Waals surface area (Å²) in [5.74, 6) is 0.736. The van der Waals surface area contributed by atoms with Crippen LogP contribution >= 0.6 is 0 Å². The lowest BCUT2D eigenvalue weighted by Gasteiger charge is -2.14. The van der Waals surface area contributed by atoms with E-state index in [-0.39, 0.29) is 5.91 Å². The van der Waals surface area contributed by atoms with Gasteiger partial charge in [0.1, 0.15) is 0 Å². The maximum Gasteiger partial charge on any atom is 0.251 e. The van der Waals surface area contributed by atoms with Gasteiger partial charge in [-0.25, -0.2) is 0 Å². The zero-order valence-corrected chi connectivity index (χ0v) is 14.8. The number of nitrogens with one attached hydrogen (secondary N) is 1. The van der Waals surface area contributed by atoms with Crippen LogP contribution in [0.2, 0.25) is 13.1 Å². The Morgan fingerprint density at radius 3 is 2.29 bits per heavy atom. The highest BCUT2D eigenvalue weighted by Gasteiger charge is 2.19. The summed E-state index contributed by atoms with van der Waals surface area (Å²) in [6, 6.07) is 7.33. The number of hydrogen-bond donors (Lipinski definition) is 2. The lowest BCUT2D eigenvalue weighted by Crippen LogP contribution is -2.41. The largest absolute Gasteiger partial charge is 0.428 e. The van der Waals surface area contributed by atoms with Crippen molar-refractivity contribution in [3.05, 3.63) is 29.8 Å². The zero-order chi connectivity index (χ0) is 15.9. The van der Waals surface area contributed by atoms with Gasteiger partial charge in [-0.2, -0.15) is 0 Å². The molecule has 21 heavy (non-hydrogen) atoms. The second kappa shape index (κ2) is 8.34. The molecule has 0 unspecified atom stereocenters. The summed E-state index contributed by atoms with van der Waals surface area (Å²) in [5, 5.41) is 3.91. The first-order chi connectivity index (χ1) is 9.80. The van der Waals surface area contributed by atoms with Gasteiger partial charge < -0.3 is 10.1 Å². The summed E-state index contributed by atoms with van der Waals surface area (Å²) in [4.78, 5) is 22.0. The lowest BCUT2D eigenvalue weighted by molar-refractivity contribution is 0.0953. The Kier molecular flexibility index (Phi) is 7.12. The standard InChI is InChI=1S/C17H29NO2Si/c1-14(2)8-6-5-7-13-18-17(19)15-9-11-16(12-10-15)21(3,4)20/h9-12,14,20H,5-8,13H2,1-4H3,(H,18,19). The zero-order valence-electron chi connectivity index (χ0n) is 13.8. The molecule has 118 valence electrons. The summed E-state index contributed by atoms with van der Waals surface area (Å²) in [7, 11) is -2.27. The molecule has 0 aromatic heterocycles. The predicted molar refractivity (Wildman–Crippen MR) is 91.4 cm³/mol. The van der Waals surface area contributed by atoms with Crippen LogP contribution in [0.4, 0.5) is 0 Å². The number of carbonyl (C=O) groups is 1. The Morgan fingerprint density at radius 2 is 1.76 bits per heavy atom. The Hall–Kier alpha value is -1.13. The fraction of sp³-hybridized carbons (Fsp3) is 0.588. The average molecular weight is 308 g/mol. The summed E-state index contributed by atoms with van der Waals surface area (Å²) in [6.07, 6.45) is 4.70. The summed E-state index contributed by atoms with van der Waals surface area (Å²) >= 11 is 0. The van der Waals surface area contributed by atoms with Gasteiger partial charge in [-0.3, -0.25) is 4.79 Å². The van der Waals surface area contributed by atoms with E-state index in [0.717, 1.165) is 24.1 Å². The third kappa shape index (κ3) is 6.91. The van der Waals surface area contributed by atoms with Crippen molar-refractivity contribution in [1.29, 1.82) is 0 Å². The van der Waals surface area contributed by atoms with Gasteiger partial charge >= 0.3 is 0 Å². The van der Waals surface area contributed by atoms with Crippen LogP contribution in [-0.2, 0) is 0 Å². The van der Waals surface area contributed by atoms with E-state index >= 15 is 0 Å². The molecule has 0 heterocycles. The third-order valence-corrected chi connectivity index (χ3v) is 5.34. The smallest absolute Gasteiger partial charge is 0.251 e. The topological polar surface area (TPSA) is 49.3 Å². The van der Waals surface area contributed by atoms with E-state index < -0.39 is 8.32 Å². The molecule has 0 fully saturated rings. The van der Waals surface area contributed by atoms with Crippen LogP contribution in [0.15, 0.2) is 24.3 Å². The minimum Gasteiger partial charge on any atom is -0.428 e. The van der Waals surface area contributed by atoms with E-state index in [1.807, 2.05) is 25.2 Å². The summed E-state index contributed by atoms with van der Waals surface area (Å²) in [5.41, 5.74) is 0.666. The number of benzene rings is 1. The van der Waals surface area contributed by atoms with E-state index in [2.05, 4.69) is 19.2 Å². The molecule has 1 aromatic carbocycles. The molecule has 0 aliphatic heterocycles. The quantitative estimate of drug-likeness (QED) is 0.573. The highest BCUT2D eigenvalue weighted by Crippen LogP contribution is 2.07. The molecule has 0 bridgehead atoms. The molecular weight excluding hydrogens is 278 g/mol. The second-order valence-electron chi connectivity index (χ2n) is 6.64. The first kappa shape index (κ1) is 17.9. The Labute approximate surface area is 129 Å². The molecule has 0 saturated carbocycles. The van der Waals surface area contributed by atoms with E-state index in [0.29, 0.717) is 5.56 Å². The first-order valence-electron chi connectivity index (χ1n) is 7.92. The first-order valence-corrected chi connectivity index (χ1v) is 10.9. The minimum atomic E-state index is -2.27. The van der Waals surface area contributed by atoms with E-state index in [1.165, 1.54) is 19.3 Å². The van der Waals surface area contributed by atoms with E-state index in [4.69, 9.17) is 0 Å². The third-order valence-electron chi connectivity index (χ3n) is 3.60. The van der Waals surface area contributed by atoms with Crippen molar-refractivity contribution in [2.45, 2.75) is 52.6 Å². The highest BCUT2D eigenvalue weighted by atomic mass is 28.4. The average Bonchev–Trinajstić information content (AvgIpc) is 2.41. The predicted octanol–water partition coefficient (Wildman–Crippen LogP) is 3.04. The molecule has 1 amide bonds. The molecule has 3 nitrogen and oxygen atoms in total. The number of amides is 1. The van der Waals surface area contributed by atoms with Gasteiger partial charge in [0, 0.05) is 12.1 Å². The highest BCUT2D eigenvalue weighted by molar-refractivity contribution is 6.83. The Balaban J connectivity index is 2.32. The molecule has 0 aliphatic rings. The SMILES string of the molecule is CC(C)CCCCCNC(=O)c1ccc([Si](C)(C)O)cc1. The van der Waals surface area contributed by atoms with Gasteiger partial charge in [0.2, 0.25) is 8.32 Å². The van der Waals surface area contributed by atoms with Gasteiger partial charge in [0.25, 0.3) is 5.91 Å². The Morgan fingerprint density at radius 1 is 1.14 bits per heavy atom. The van der Waals surface area contributed by atoms with Crippen LogP contribution < -0.4 is 10.5 Å². The number of unbranched alkanes of at least 4 members (excludes halogenated alkanes) is 2. The summed E-state index contributed by atoms with van der Waals surface area (Å²) < 4.78 is 0. The van der Waals surface area contributed by atoms with Gasteiger partial charge in [-0.15, -0.1) is 0 Å². The molecule has 0 radical (unpaired) electrons. The Bertz CT molecular complexity index is 435. The molecule has 1 rings (SSSR count). The minimum absolute atomic E-state index is 0.0252. The van der Waals surface area contributed by atoms with Crippen molar-refractivity contribution in [1.82, 2.24) is 5.32 Å². The van der Waals surface area contributed by atoms with Crippen molar-refractivity contribution < 1.29 is 9.59 Å². The fourth-order valence-corrected chi connectivity index (χ4v) is 3.17. The second-order valence-corrected chi connectivity index (χ2v) is 10.3. The molecule has 0 spiro atoms. The maximum absolute atomic E-state index is 12.0. The number of carbonyl (C=O) groups excluding carboxylic acids is 1. The molecule has 0 saturated heterocycles. The molecule has 2 N–H and O–H groups in total. The van der Waals surface area contributed by atoms with E-state index in [9.17, 15) is 9.59 Å². The van der Waals surface area contributed by atoms with Gasteiger partial charge in [0.15, 0.2) is 0 Å². The number of hydrogen-bond acceptors (Lipinski definition) is 2. The maximum atomic E-state index is 12.0. The normalized spacial score (nSPS) is 11.7. The molecule has 4 heteroatoms. The van der Waals surface area contributed by atoms with Gasteiger partial charge in [0.05, 0.1) is 0 Å². The van der Waals surface area contributed by atoms with Crippen LogP contribution in [0.1, 0.15) is 49.9 Å². The summed E-state index contributed by atoms with van der Waals surface area (Å²) in [6.45, 7) is 8.96. The van der Waals surface area contributed by atoms with Crippen LogP contribution in [0.5, 0.6) is 0 Å². The van der Waals surface area contributed by atoms with Gasteiger partial charge in [-0.1, -0.05) is 45.2 Å². The molecular formula is C17H29NO2Si. The number of rotatable bonds is 8. The van der Waals surface area contributed by atoms with Crippen LogP contribution in [0, 0.1) is 5.92 Å². The van der Waals surface area contributed by atoms with Crippen LogP contribution in [0.3, 0.4) is 0 Å². The van der Waals surface area contributed by atoms with Crippen molar-refractivity contribution in [2.75, 3.05) is 6.54 Å². The van der Waals surface area contributed by atoms with Crippen molar-refractivity contribution in [3.8, 4) is 0 Å². The molecule has 1 aromatic rings. The van der Waals surface area contributed by atoms with Crippen molar-refractivity contribution in [3.63, 3.8) is 0 Å². The van der Waals surface area contributed by atoms with Crippen LogP contribution in [0.25, 0.3) is 0 Å². The van der Waals surface area contributed by atoms with Crippen molar-refractivity contribution in [2.24, 2.45) is 5.92 Å².